The lowest BCUT2D eigenvalue weighted by Crippen LogP contribution is -2.22. The molecule has 0 bridgehead atoms. The van der Waals surface area contributed by atoms with Crippen molar-refractivity contribution in [2.45, 2.75) is 19.4 Å². The lowest BCUT2D eigenvalue weighted by molar-refractivity contribution is 0.446. The third kappa shape index (κ3) is 3.28. The first-order chi connectivity index (χ1) is 8.72. The lowest BCUT2D eigenvalue weighted by Gasteiger charge is -2.17. The molecule has 1 heterocycles. The zero-order chi connectivity index (χ0) is 13.0. The van der Waals surface area contributed by atoms with E-state index < -0.39 is 0 Å². The molecule has 0 aliphatic rings. The Morgan fingerprint density at radius 2 is 2.22 bits per heavy atom. The van der Waals surface area contributed by atoms with Gasteiger partial charge in [-0.15, -0.1) is 0 Å². The fraction of sp³-hybridized carbons (Fsp3) is 0.286. The Hall–Kier alpha value is -0.520. The highest BCUT2D eigenvalue weighted by molar-refractivity contribution is 14.1. The van der Waals surface area contributed by atoms with Gasteiger partial charge in [0.25, 0.3) is 0 Å². The van der Waals surface area contributed by atoms with Crippen molar-refractivity contribution in [1.29, 1.82) is 0 Å². The van der Waals surface area contributed by atoms with E-state index in [1.807, 2.05) is 24.3 Å². The summed E-state index contributed by atoms with van der Waals surface area (Å²) in [4.78, 5) is 0. The first-order valence-electron chi connectivity index (χ1n) is 5.94. The zero-order valence-electron chi connectivity index (χ0n) is 10.1. The Balaban J connectivity index is 2.30. The van der Waals surface area contributed by atoms with Crippen LogP contribution in [0.4, 0.5) is 0 Å². The minimum Gasteiger partial charge on any atom is -0.467 e. The molecule has 1 aromatic carbocycles. The summed E-state index contributed by atoms with van der Waals surface area (Å²) in [5.41, 5.74) is 1.13. The smallest absolute Gasteiger partial charge is 0.125 e. The van der Waals surface area contributed by atoms with E-state index >= 15 is 0 Å². The Kier molecular flexibility index (Phi) is 5.09. The normalized spacial score (nSPS) is 12.6. The van der Waals surface area contributed by atoms with Crippen LogP contribution in [0.25, 0.3) is 0 Å². The van der Waals surface area contributed by atoms with Crippen molar-refractivity contribution in [2.24, 2.45) is 0 Å². The monoisotopic (exact) mass is 375 g/mol. The number of halogens is 2. The Morgan fingerprint density at radius 1 is 1.39 bits per heavy atom. The van der Waals surface area contributed by atoms with E-state index in [-0.39, 0.29) is 6.04 Å². The van der Waals surface area contributed by atoms with Gasteiger partial charge in [0.05, 0.1) is 17.3 Å². The van der Waals surface area contributed by atoms with E-state index in [1.54, 1.807) is 6.26 Å². The second kappa shape index (κ2) is 6.59. The SMILES string of the molecule is CCCNC(c1ccc(I)c(Cl)c1)c1ccco1. The molecule has 1 aromatic heterocycles. The van der Waals surface area contributed by atoms with Crippen LogP contribution in [0.3, 0.4) is 0 Å². The van der Waals surface area contributed by atoms with Crippen molar-refractivity contribution in [2.75, 3.05) is 6.54 Å². The zero-order valence-corrected chi connectivity index (χ0v) is 13.0. The van der Waals surface area contributed by atoms with Crippen molar-refractivity contribution in [3.8, 4) is 0 Å². The van der Waals surface area contributed by atoms with Crippen LogP contribution in [0.5, 0.6) is 0 Å². The third-order valence-electron chi connectivity index (χ3n) is 2.70. The minimum atomic E-state index is 0.0643. The maximum atomic E-state index is 6.19. The van der Waals surface area contributed by atoms with Crippen molar-refractivity contribution < 1.29 is 4.42 Å². The first-order valence-corrected chi connectivity index (χ1v) is 7.39. The summed E-state index contributed by atoms with van der Waals surface area (Å²) >= 11 is 8.42. The van der Waals surface area contributed by atoms with Crippen LogP contribution < -0.4 is 5.32 Å². The van der Waals surface area contributed by atoms with Crippen LogP contribution in [0.15, 0.2) is 41.0 Å². The van der Waals surface area contributed by atoms with Crippen LogP contribution in [-0.4, -0.2) is 6.54 Å². The molecule has 1 atom stereocenters. The average molecular weight is 376 g/mol. The highest BCUT2D eigenvalue weighted by atomic mass is 127. The predicted molar refractivity (Wildman–Crippen MR) is 83.0 cm³/mol. The van der Waals surface area contributed by atoms with E-state index in [1.165, 1.54) is 0 Å². The van der Waals surface area contributed by atoms with E-state index in [2.05, 4.69) is 40.9 Å². The number of hydrogen-bond acceptors (Lipinski definition) is 2. The molecule has 96 valence electrons. The molecule has 1 unspecified atom stereocenters. The highest BCUT2D eigenvalue weighted by Crippen LogP contribution is 2.27. The third-order valence-corrected chi connectivity index (χ3v) is 4.28. The predicted octanol–water partition coefficient (Wildman–Crippen LogP) is 4.63. The van der Waals surface area contributed by atoms with E-state index in [9.17, 15) is 0 Å². The fourth-order valence-electron chi connectivity index (χ4n) is 1.82. The standard InChI is InChI=1S/C14H15ClINO/c1-2-7-17-14(13-4-3-8-18-13)10-5-6-12(16)11(15)9-10/h3-6,8-9,14,17H,2,7H2,1H3. The lowest BCUT2D eigenvalue weighted by atomic mass is 10.0. The fourth-order valence-corrected chi connectivity index (χ4v) is 2.34. The van der Waals surface area contributed by atoms with Gasteiger partial charge >= 0.3 is 0 Å². The molecule has 0 aliphatic carbocycles. The van der Waals surface area contributed by atoms with Crippen molar-refractivity contribution in [3.05, 3.63) is 56.5 Å². The maximum Gasteiger partial charge on any atom is 0.125 e. The number of nitrogens with one attached hydrogen (secondary N) is 1. The number of benzene rings is 1. The summed E-state index contributed by atoms with van der Waals surface area (Å²) in [6.45, 7) is 3.09. The Bertz CT molecular complexity index is 499. The summed E-state index contributed by atoms with van der Waals surface area (Å²) in [6, 6.07) is 10.1. The van der Waals surface area contributed by atoms with Gasteiger partial charge in [0, 0.05) is 3.57 Å². The molecule has 2 nitrogen and oxygen atoms in total. The molecular weight excluding hydrogens is 361 g/mol. The van der Waals surface area contributed by atoms with Crippen molar-refractivity contribution in [1.82, 2.24) is 5.32 Å². The first kappa shape index (κ1) is 13.9. The quantitative estimate of drug-likeness (QED) is 0.771. The summed E-state index contributed by atoms with van der Waals surface area (Å²) in [5, 5.41) is 4.26. The second-order valence-electron chi connectivity index (χ2n) is 4.08. The molecule has 0 aliphatic heterocycles. The van der Waals surface area contributed by atoms with Crippen LogP contribution in [0.1, 0.15) is 30.7 Å². The average Bonchev–Trinajstić information content (AvgIpc) is 2.88. The van der Waals surface area contributed by atoms with Crippen LogP contribution >= 0.6 is 34.2 Å². The molecule has 0 amide bonds. The van der Waals surface area contributed by atoms with E-state index in [0.717, 1.165) is 32.9 Å². The molecule has 2 rings (SSSR count). The van der Waals surface area contributed by atoms with Crippen LogP contribution in [0, 0.1) is 3.57 Å². The van der Waals surface area contributed by atoms with Gasteiger partial charge in [0.2, 0.25) is 0 Å². The molecule has 0 saturated heterocycles. The van der Waals surface area contributed by atoms with Gasteiger partial charge in [-0.25, -0.2) is 0 Å². The molecule has 1 N–H and O–H groups in total. The van der Waals surface area contributed by atoms with Crippen molar-refractivity contribution in [3.63, 3.8) is 0 Å². The summed E-state index contributed by atoms with van der Waals surface area (Å²) in [5.74, 6) is 0.917. The van der Waals surface area contributed by atoms with E-state index in [0.29, 0.717) is 0 Å². The molecule has 0 radical (unpaired) electrons. The number of rotatable bonds is 5. The molecule has 18 heavy (non-hydrogen) atoms. The maximum absolute atomic E-state index is 6.19. The van der Waals surface area contributed by atoms with Gasteiger partial charge in [-0.3, -0.25) is 0 Å². The topological polar surface area (TPSA) is 25.2 Å². The summed E-state index contributed by atoms with van der Waals surface area (Å²) in [6.07, 6.45) is 2.78. The Morgan fingerprint density at radius 3 is 2.83 bits per heavy atom. The summed E-state index contributed by atoms with van der Waals surface area (Å²) in [7, 11) is 0. The summed E-state index contributed by atoms with van der Waals surface area (Å²) < 4.78 is 6.57. The molecule has 0 fully saturated rings. The van der Waals surface area contributed by atoms with Crippen molar-refractivity contribution >= 4 is 34.2 Å². The molecule has 2 aromatic rings. The molecule has 0 spiro atoms. The van der Waals surface area contributed by atoms with Gasteiger partial charge in [-0.05, 0) is 65.4 Å². The van der Waals surface area contributed by atoms with Gasteiger partial charge in [0.1, 0.15) is 5.76 Å². The van der Waals surface area contributed by atoms with Crippen LogP contribution in [-0.2, 0) is 0 Å². The molecule has 4 heteroatoms. The van der Waals surface area contributed by atoms with Gasteiger partial charge in [-0.1, -0.05) is 24.6 Å². The molecular formula is C14H15ClINO. The minimum absolute atomic E-state index is 0.0643. The number of hydrogen-bond donors (Lipinski definition) is 1. The van der Waals surface area contributed by atoms with Gasteiger partial charge in [0.15, 0.2) is 0 Å². The Labute approximate surface area is 126 Å². The van der Waals surface area contributed by atoms with Gasteiger partial charge in [-0.2, -0.15) is 0 Å². The highest BCUT2D eigenvalue weighted by Gasteiger charge is 2.16. The molecule has 0 saturated carbocycles. The second-order valence-corrected chi connectivity index (χ2v) is 5.65. The largest absolute Gasteiger partial charge is 0.467 e. The van der Waals surface area contributed by atoms with Gasteiger partial charge < -0.3 is 9.73 Å². The number of furan rings is 1. The van der Waals surface area contributed by atoms with Crippen LogP contribution in [0.2, 0.25) is 5.02 Å². The van der Waals surface area contributed by atoms with E-state index in [4.69, 9.17) is 16.0 Å².